The Kier molecular flexibility index (Phi) is 5.28. The molecule has 0 fully saturated rings. The van der Waals surface area contributed by atoms with Crippen LogP contribution in [0.15, 0.2) is 72.3 Å². The monoisotopic (exact) mass is 367 g/mol. The number of hydrogen-bond acceptors (Lipinski definition) is 4. The molecule has 1 aromatic heterocycles. The smallest absolute Gasteiger partial charge is 0.242 e. The van der Waals surface area contributed by atoms with Crippen LogP contribution in [-0.2, 0) is 14.6 Å². The average Bonchev–Trinajstić information content (AvgIpc) is 3.09. The van der Waals surface area contributed by atoms with Gasteiger partial charge in [0.15, 0.2) is 9.84 Å². The van der Waals surface area contributed by atoms with Gasteiger partial charge in [0, 0.05) is 5.41 Å². The molecule has 0 bridgehead atoms. The van der Waals surface area contributed by atoms with Crippen molar-refractivity contribution < 1.29 is 13.2 Å². The third-order valence-corrected chi connectivity index (χ3v) is 4.73. The summed E-state index contributed by atoms with van der Waals surface area (Å²) in [6, 6.07) is 18.5. The molecule has 0 aliphatic carbocycles. The van der Waals surface area contributed by atoms with Crippen LogP contribution >= 0.6 is 0 Å². The zero-order valence-corrected chi connectivity index (χ0v) is 14.6. The molecular weight excluding hydrogens is 350 g/mol. The van der Waals surface area contributed by atoms with Gasteiger partial charge in [-0.15, -0.1) is 0 Å². The van der Waals surface area contributed by atoms with Crippen molar-refractivity contribution in [3.63, 3.8) is 0 Å². The fraction of sp³-hybridized carbons (Fsp3) is 0.0526. The molecule has 0 unspecified atom stereocenters. The van der Waals surface area contributed by atoms with Crippen molar-refractivity contribution in [3.8, 4) is 11.3 Å². The number of anilines is 1. The number of hydrogen-bond donors (Lipinski definition) is 2. The van der Waals surface area contributed by atoms with Crippen LogP contribution in [0, 0.1) is 0 Å². The number of sulfone groups is 1. The van der Waals surface area contributed by atoms with E-state index in [1.165, 1.54) is 6.08 Å². The van der Waals surface area contributed by atoms with E-state index in [-0.39, 0.29) is 5.95 Å². The molecule has 132 valence electrons. The Balaban J connectivity index is 1.62. The van der Waals surface area contributed by atoms with Crippen molar-refractivity contribution in [3.05, 3.63) is 77.8 Å². The lowest BCUT2D eigenvalue weighted by Gasteiger charge is -2.01. The molecule has 0 radical (unpaired) electrons. The number of aromatic nitrogens is 2. The summed E-state index contributed by atoms with van der Waals surface area (Å²) in [5.41, 5.74) is 2.39. The fourth-order valence-electron chi connectivity index (χ4n) is 2.29. The van der Waals surface area contributed by atoms with E-state index < -0.39 is 21.5 Å². The second-order valence-corrected chi connectivity index (χ2v) is 7.47. The quantitative estimate of drug-likeness (QED) is 0.700. The Labute approximate surface area is 151 Å². The molecule has 0 saturated heterocycles. The van der Waals surface area contributed by atoms with E-state index in [1.54, 1.807) is 30.5 Å². The highest BCUT2D eigenvalue weighted by Gasteiger charge is 2.15. The van der Waals surface area contributed by atoms with Gasteiger partial charge in [0.2, 0.25) is 11.9 Å². The van der Waals surface area contributed by atoms with Crippen molar-refractivity contribution in [2.24, 2.45) is 0 Å². The van der Waals surface area contributed by atoms with Gasteiger partial charge in [-0.25, -0.2) is 13.4 Å². The molecule has 0 aliphatic heterocycles. The minimum absolute atomic E-state index is 0.205. The minimum Gasteiger partial charge on any atom is -0.324 e. The predicted molar refractivity (Wildman–Crippen MR) is 102 cm³/mol. The lowest BCUT2D eigenvalue weighted by molar-refractivity contribution is -0.113. The van der Waals surface area contributed by atoms with Gasteiger partial charge in [-0.2, -0.15) is 0 Å². The summed E-state index contributed by atoms with van der Waals surface area (Å²) in [6.07, 6.45) is 3.04. The number of imidazole rings is 1. The average molecular weight is 367 g/mol. The minimum atomic E-state index is -3.68. The maximum absolute atomic E-state index is 12.1. The SMILES string of the molecule is O=C(CS(=O)(=O)/C=C\c1ccccc1)Nc1ncc(-c2ccccc2)[nH]1. The summed E-state index contributed by atoms with van der Waals surface area (Å²) in [4.78, 5) is 19.0. The van der Waals surface area contributed by atoms with E-state index in [0.717, 1.165) is 22.2 Å². The third kappa shape index (κ3) is 4.90. The van der Waals surface area contributed by atoms with Gasteiger partial charge in [0.25, 0.3) is 0 Å². The summed E-state index contributed by atoms with van der Waals surface area (Å²) in [7, 11) is -3.68. The fourth-order valence-corrected chi connectivity index (χ4v) is 3.19. The Morgan fingerprint density at radius 3 is 2.38 bits per heavy atom. The van der Waals surface area contributed by atoms with E-state index in [1.807, 2.05) is 36.4 Å². The van der Waals surface area contributed by atoms with Crippen LogP contribution < -0.4 is 5.32 Å². The Hall–Kier alpha value is -3.19. The first-order chi connectivity index (χ1) is 12.5. The molecule has 6 nitrogen and oxygen atoms in total. The first kappa shape index (κ1) is 17.6. The molecule has 0 aliphatic rings. The highest BCUT2D eigenvalue weighted by atomic mass is 32.2. The third-order valence-electron chi connectivity index (χ3n) is 3.52. The highest BCUT2D eigenvalue weighted by molar-refractivity contribution is 7.95. The number of benzene rings is 2. The lowest BCUT2D eigenvalue weighted by atomic mass is 10.2. The Bertz CT molecular complexity index is 1010. The van der Waals surface area contributed by atoms with Crippen LogP contribution in [0.5, 0.6) is 0 Å². The van der Waals surface area contributed by atoms with Crippen LogP contribution in [0.25, 0.3) is 17.3 Å². The maximum atomic E-state index is 12.1. The van der Waals surface area contributed by atoms with Crippen LogP contribution in [0.3, 0.4) is 0 Å². The molecule has 2 N–H and O–H groups in total. The summed E-state index contributed by atoms with van der Waals surface area (Å²) >= 11 is 0. The molecule has 2 aromatic carbocycles. The van der Waals surface area contributed by atoms with Gasteiger partial charge in [0.1, 0.15) is 5.75 Å². The number of H-pyrrole nitrogens is 1. The molecule has 3 aromatic rings. The van der Waals surface area contributed by atoms with E-state index in [4.69, 9.17) is 0 Å². The topological polar surface area (TPSA) is 91.9 Å². The van der Waals surface area contributed by atoms with Crippen LogP contribution in [0.1, 0.15) is 5.56 Å². The number of carbonyl (C=O) groups excluding carboxylic acids is 1. The largest absolute Gasteiger partial charge is 0.324 e. The standard InChI is InChI=1S/C19H17N3O3S/c23-18(14-26(24,25)12-11-15-7-3-1-4-8-15)22-19-20-13-17(21-19)16-9-5-2-6-10-16/h1-13H,14H2,(H2,20,21,22,23)/b12-11-. The summed E-state index contributed by atoms with van der Waals surface area (Å²) < 4.78 is 24.1. The molecule has 3 rings (SSSR count). The predicted octanol–water partition coefficient (Wildman–Crippen LogP) is 3.10. The van der Waals surface area contributed by atoms with Gasteiger partial charge < -0.3 is 4.98 Å². The van der Waals surface area contributed by atoms with Gasteiger partial charge >= 0.3 is 0 Å². The number of nitrogens with zero attached hydrogens (tertiary/aromatic N) is 1. The maximum Gasteiger partial charge on any atom is 0.242 e. The number of nitrogens with one attached hydrogen (secondary N) is 2. The normalized spacial score (nSPS) is 11.5. The molecule has 1 heterocycles. The van der Waals surface area contributed by atoms with E-state index in [2.05, 4.69) is 15.3 Å². The molecule has 0 spiro atoms. The zero-order chi connectivity index (χ0) is 18.4. The van der Waals surface area contributed by atoms with Gasteiger partial charge in [-0.3, -0.25) is 10.1 Å². The van der Waals surface area contributed by atoms with Crippen LogP contribution in [-0.4, -0.2) is 30.0 Å². The first-order valence-electron chi connectivity index (χ1n) is 7.88. The van der Waals surface area contributed by atoms with Crippen molar-refractivity contribution in [2.45, 2.75) is 0 Å². The van der Waals surface area contributed by atoms with Crippen molar-refractivity contribution in [1.29, 1.82) is 0 Å². The summed E-state index contributed by atoms with van der Waals surface area (Å²) in [6.45, 7) is 0. The first-order valence-corrected chi connectivity index (χ1v) is 9.59. The second kappa shape index (κ2) is 7.79. The summed E-state index contributed by atoms with van der Waals surface area (Å²) in [5, 5.41) is 3.51. The highest BCUT2D eigenvalue weighted by Crippen LogP contribution is 2.17. The Morgan fingerprint density at radius 2 is 1.69 bits per heavy atom. The molecule has 0 saturated carbocycles. The van der Waals surface area contributed by atoms with E-state index in [9.17, 15) is 13.2 Å². The number of carbonyl (C=O) groups is 1. The summed E-state index contributed by atoms with van der Waals surface area (Å²) in [5.74, 6) is -1.11. The number of aromatic amines is 1. The van der Waals surface area contributed by atoms with Crippen molar-refractivity contribution >= 4 is 27.8 Å². The second-order valence-electron chi connectivity index (χ2n) is 5.58. The van der Waals surface area contributed by atoms with Crippen molar-refractivity contribution in [2.75, 3.05) is 11.1 Å². The Morgan fingerprint density at radius 1 is 1.04 bits per heavy atom. The van der Waals surface area contributed by atoms with Gasteiger partial charge in [0.05, 0.1) is 11.9 Å². The molecule has 1 amide bonds. The number of amides is 1. The van der Waals surface area contributed by atoms with E-state index in [0.29, 0.717) is 0 Å². The van der Waals surface area contributed by atoms with Crippen molar-refractivity contribution in [1.82, 2.24) is 9.97 Å². The molecule has 0 atom stereocenters. The van der Waals surface area contributed by atoms with Crippen LogP contribution in [0.2, 0.25) is 0 Å². The van der Waals surface area contributed by atoms with Gasteiger partial charge in [-0.05, 0) is 17.2 Å². The molecular formula is C19H17N3O3S. The van der Waals surface area contributed by atoms with Crippen LogP contribution in [0.4, 0.5) is 5.95 Å². The molecule has 7 heteroatoms. The number of rotatable bonds is 6. The van der Waals surface area contributed by atoms with E-state index >= 15 is 0 Å². The lowest BCUT2D eigenvalue weighted by Crippen LogP contribution is -2.22. The molecule has 26 heavy (non-hydrogen) atoms. The van der Waals surface area contributed by atoms with Gasteiger partial charge in [-0.1, -0.05) is 60.7 Å². The zero-order valence-electron chi connectivity index (χ0n) is 13.8.